The van der Waals surface area contributed by atoms with Crippen molar-refractivity contribution in [3.8, 4) is 0 Å². The zero-order valence-corrected chi connectivity index (χ0v) is 13.2. The molecular weight excluding hydrogens is 351 g/mol. The molecule has 1 aromatic carbocycles. The highest BCUT2D eigenvalue weighted by Gasteiger charge is 2.35. The van der Waals surface area contributed by atoms with E-state index in [2.05, 4.69) is 15.4 Å². The van der Waals surface area contributed by atoms with Crippen LogP contribution in [0.15, 0.2) is 29.2 Å². The summed E-state index contributed by atoms with van der Waals surface area (Å²) in [5.74, 6) is -2.67. The van der Waals surface area contributed by atoms with Gasteiger partial charge >= 0.3 is 6.18 Å². The van der Waals surface area contributed by atoms with Gasteiger partial charge in [-0.05, 0) is 24.3 Å². The van der Waals surface area contributed by atoms with E-state index in [9.17, 15) is 26.4 Å². The first-order valence-corrected chi connectivity index (χ1v) is 7.79. The van der Waals surface area contributed by atoms with Gasteiger partial charge in [0.1, 0.15) is 0 Å². The molecule has 0 aliphatic heterocycles. The van der Waals surface area contributed by atoms with E-state index in [4.69, 9.17) is 0 Å². The third kappa shape index (κ3) is 3.71. The molecule has 2 N–H and O–H groups in total. The fourth-order valence-corrected chi connectivity index (χ4v) is 2.51. The lowest BCUT2D eigenvalue weighted by Crippen LogP contribution is -2.22. The van der Waals surface area contributed by atoms with Crippen LogP contribution in [0.5, 0.6) is 0 Å². The Kier molecular flexibility index (Phi) is 4.62. The maximum Gasteiger partial charge on any atom is 0.451 e. The fraction of sp³-hybridized carbons (Fsp3) is 0.250. The maximum atomic E-state index is 12.4. The molecule has 0 saturated carbocycles. The van der Waals surface area contributed by atoms with Gasteiger partial charge in [0.25, 0.3) is 5.91 Å². The molecule has 12 heteroatoms. The Morgan fingerprint density at radius 2 is 1.79 bits per heavy atom. The largest absolute Gasteiger partial charge is 0.451 e. The second-order valence-electron chi connectivity index (χ2n) is 4.77. The average Bonchev–Trinajstić information content (AvgIpc) is 2.96. The van der Waals surface area contributed by atoms with Crippen LogP contribution in [0.1, 0.15) is 16.2 Å². The molecular formula is C12H12F3N5O3S. The number of halogens is 3. The van der Waals surface area contributed by atoms with Crippen LogP contribution in [0.3, 0.4) is 0 Å². The second-order valence-corrected chi connectivity index (χ2v) is 6.92. The number of anilines is 1. The first kappa shape index (κ1) is 17.9. The minimum atomic E-state index is -4.71. The molecule has 0 aliphatic carbocycles. The number of benzene rings is 1. The standard InChI is InChI=1S/C12H12F3N5O3S/c1-20(2)24(22,23)8-5-3-7(4-6-8)9(21)16-11-17-10(18-19-11)12(13,14)15/h3-6H,1-2H3,(H2,16,17,18,19,21). The summed E-state index contributed by atoms with van der Waals surface area (Å²) in [6.07, 6.45) is -4.71. The number of carbonyl (C=O) groups excluding carboxylic acids is 1. The normalized spacial score (nSPS) is 12.4. The predicted molar refractivity (Wildman–Crippen MR) is 76.7 cm³/mol. The second kappa shape index (κ2) is 6.20. The average molecular weight is 363 g/mol. The van der Waals surface area contributed by atoms with Gasteiger partial charge in [0, 0.05) is 19.7 Å². The van der Waals surface area contributed by atoms with Gasteiger partial charge in [0.15, 0.2) is 0 Å². The van der Waals surface area contributed by atoms with Crippen LogP contribution in [0.4, 0.5) is 19.1 Å². The van der Waals surface area contributed by atoms with Crippen molar-refractivity contribution < 1.29 is 26.4 Å². The van der Waals surface area contributed by atoms with Gasteiger partial charge in [0.05, 0.1) is 4.90 Å². The molecule has 0 spiro atoms. The first-order chi connectivity index (χ1) is 11.0. The summed E-state index contributed by atoms with van der Waals surface area (Å²) in [6, 6.07) is 4.87. The number of sulfonamides is 1. The molecule has 0 saturated heterocycles. The Hall–Kier alpha value is -2.47. The van der Waals surface area contributed by atoms with Gasteiger partial charge in [-0.15, -0.1) is 5.10 Å². The van der Waals surface area contributed by atoms with Gasteiger partial charge in [-0.3, -0.25) is 15.2 Å². The Morgan fingerprint density at radius 1 is 1.21 bits per heavy atom. The molecule has 0 aliphatic rings. The van der Waals surface area contributed by atoms with E-state index in [0.717, 1.165) is 4.31 Å². The molecule has 130 valence electrons. The zero-order valence-electron chi connectivity index (χ0n) is 12.4. The van der Waals surface area contributed by atoms with Crippen LogP contribution < -0.4 is 5.32 Å². The van der Waals surface area contributed by atoms with Gasteiger partial charge in [-0.25, -0.2) is 12.7 Å². The summed E-state index contributed by atoms with van der Waals surface area (Å²) in [7, 11) is -0.927. The fourth-order valence-electron chi connectivity index (χ4n) is 1.61. The van der Waals surface area contributed by atoms with Crippen molar-refractivity contribution >= 4 is 21.9 Å². The molecule has 0 unspecified atom stereocenters. The molecule has 2 aromatic rings. The Balaban J connectivity index is 2.15. The van der Waals surface area contributed by atoms with Crippen molar-refractivity contribution in [2.75, 3.05) is 19.4 Å². The van der Waals surface area contributed by atoms with Crippen LogP contribution >= 0.6 is 0 Å². The van der Waals surface area contributed by atoms with E-state index in [1.165, 1.54) is 38.4 Å². The number of aromatic amines is 1. The van der Waals surface area contributed by atoms with Crippen LogP contribution in [0, 0.1) is 0 Å². The van der Waals surface area contributed by atoms with Gasteiger partial charge in [0.2, 0.25) is 21.8 Å². The minimum Gasteiger partial charge on any atom is -0.289 e. The molecule has 2 rings (SSSR count). The number of H-pyrrole nitrogens is 1. The lowest BCUT2D eigenvalue weighted by molar-refractivity contribution is -0.144. The Morgan fingerprint density at radius 3 is 2.25 bits per heavy atom. The molecule has 0 radical (unpaired) electrons. The number of nitrogens with zero attached hydrogens (tertiary/aromatic N) is 3. The van der Waals surface area contributed by atoms with Crippen molar-refractivity contribution in [1.82, 2.24) is 19.5 Å². The van der Waals surface area contributed by atoms with Gasteiger partial charge < -0.3 is 0 Å². The van der Waals surface area contributed by atoms with E-state index in [1.54, 1.807) is 5.10 Å². The topological polar surface area (TPSA) is 108 Å². The van der Waals surface area contributed by atoms with E-state index in [1.807, 2.05) is 0 Å². The highest BCUT2D eigenvalue weighted by molar-refractivity contribution is 7.89. The number of alkyl halides is 3. The molecule has 1 heterocycles. The number of hydrogen-bond donors (Lipinski definition) is 2. The van der Waals surface area contributed by atoms with Crippen molar-refractivity contribution in [3.63, 3.8) is 0 Å². The van der Waals surface area contributed by atoms with Gasteiger partial charge in [-0.1, -0.05) is 0 Å². The highest BCUT2D eigenvalue weighted by atomic mass is 32.2. The van der Waals surface area contributed by atoms with Crippen LogP contribution in [-0.4, -0.2) is 47.9 Å². The van der Waals surface area contributed by atoms with Crippen LogP contribution in [0.25, 0.3) is 0 Å². The lowest BCUT2D eigenvalue weighted by Gasteiger charge is -2.11. The lowest BCUT2D eigenvalue weighted by atomic mass is 10.2. The Labute approximate surface area is 134 Å². The van der Waals surface area contributed by atoms with Gasteiger partial charge in [-0.2, -0.15) is 18.2 Å². The van der Waals surface area contributed by atoms with E-state index in [-0.39, 0.29) is 10.5 Å². The number of aromatic nitrogens is 3. The summed E-state index contributed by atoms with van der Waals surface area (Å²) < 4.78 is 61.9. The summed E-state index contributed by atoms with van der Waals surface area (Å²) in [6.45, 7) is 0. The number of nitrogens with one attached hydrogen (secondary N) is 2. The summed E-state index contributed by atoms with van der Waals surface area (Å²) >= 11 is 0. The summed E-state index contributed by atoms with van der Waals surface area (Å²) in [5, 5.41) is 6.98. The number of amides is 1. The quantitative estimate of drug-likeness (QED) is 0.852. The maximum absolute atomic E-state index is 12.4. The van der Waals surface area contributed by atoms with Crippen molar-refractivity contribution in [2.24, 2.45) is 0 Å². The third-order valence-corrected chi connectivity index (χ3v) is 4.70. The highest BCUT2D eigenvalue weighted by Crippen LogP contribution is 2.26. The third-order valence-electron chi connectivity index (χ3n) is 2.87. The number of rotatable bonds is 4. The summed E-state index contributed by atoms with van der Waals surface area (Å²) in [5.41, 5.74) is 0.0334. The van der Waals surface area contributed by atoms with Crippen molar-refractivity contribution in [2.45, 2.75) is 11.1 Å². The van der Waals surface area contributed by atoms with E-state index in [0.29, 0.717) is 0 Å². The van der Waals surface area contributed by atoms with E-state index < -0.39 is 33.9 Å². The zero-order chi connectivity index (χ0) is 18.1. The first-order valence-electron chi connectivity index (χ1n) is 6.35. The van der Waals surface area contributed by atoms with Crippen LogP contribution in [0.2, 0.25) is 0 Å². The molecule has 1 aromatic heterocycles. The molecule has 0 bridgehead atoms. The number of carbonyl (C=O) groups is 1. The van der Waals surface area contributed by atoms with E-state index >= 15 is 0 Å². The smallest absolute Gasteiger partial charge is 0.289 e. The minimum absolute atomic E-state index is 0.0266. The summed E-state index contributed by atoms with van der Waals surface area (Å²) in [4.78, 5) is 15.0. The van der Waals surface area contributed by atoms with Crippen molar-refractivity contribution in [1.29, 1.82) is 0 Å². The van der Waals surface area contributed by atoms with Crippen LogP contribution in [-0.2, 0) is 16.2 Å². The molecule has 0 fully saturated rings. The predicted octanol–water partition coefficient (Wildman–Crippen LogP) is 1.33. The molecule has 24 heavy (non-hydrogen) atoms. The molecule has 0 atom stereocenters. The number of hydrogen-bond acceptors (Lipinski definition) is 5. The van der Waals surface area contributed by atoms with Crippen molar-refractivity contribution in [3.05, 3.63) is 35.7 Å². The Bertz CT molecular complexity index is 844. The molecule has 8 nitrogen and oxygen atoms in total. The monoisotopic (exact) mass is 363 g/mol. The molecule has 1 amide bonds. The SMILES string of the molecule is CN(C)S(=O)(=O)c1ccc(C(=O)Nc2n[nH]c(C(F)(F)F)n2)cc1.